The molecule has 3 rings (SSSR count). The van der Waals surface area contributed by atoms with Crippen LogP contribution < -0.4 is 0 Å². The molecule has 0 amide bonds. The van der Waals surface area contributed by atoms with E-state index in [1.807, 2.05) is 36.5 Å². The monoisotopic (exact) mass is 301 g/mol. The summed E-state index contributed by atoms with van der Waals surface area (Å²) < 4.78 is 5.14. The van der Waals surface area contributed by atoms with E-state index in [2.05, 4.69) is 20.0 Å². The van der Waals surface area contributed by atoms with Gasteiger partial charge in [-0.25, -0.2) is 0 Å². The number of piperazine rings is 1. The van der Waals surface area contributed by atoms with Crippen molar-refractivity contribution in [1.29, 1.82) is 0 Å². The lowest BCUT2D eigenvalue weighted by Crippen LogP contribution is -2.46. The standard InChI is InChI=1S/C16H23N5O/c1-22-12-11-19-7-9-20(10-8-19)14-15-13-17-21(18-15)16-5-3-2-4-6-16/h2-6,13H,7-12,14H2,1H3. The summed E-state index contributed by atoms with van der Waals surface area (Å²) in [6, 6.07) is 10.0. The number of methoxy groups -OCH3 is 1. The molecule has 6 nitrogen and oxygen atoms in total. The summed E-state index contributed by atoms with van der Waals surface area (Å²) in [5, 5.41) is 8.93. The molecular weight excluding hydrogens is 278 g/mol. The molecule has 1 aliphatic heterocycles. The zero-order valence-corrected chi connectivity index (χ0v) is 13.1. The van der Waals surface area contributed by atoms with Crippen molar-refractivity contribution in [2.75, 3.05) is 46.4 Å². The minimum Gasteiger partial charge on any atom is -0.383 e. The lowest BCUT2D eigenvalue weighted by Gasteiger charge is -2.34. The minimum absolute atomic E-state index is 0.811. The number of nitrogens with zero attached hydrogens (tertiary/aromatic N) is 5. The van der Waals surface area contributed by atoms with E-state index in [-0.39, 0.29) is 0 Å². The summed E-state index contributed by atoms with van der Waals surface area (Å²) in [6.45, 7) is 7.03. The second-order valence-electron chi connectivity index (χ2n) is 5.57. The van der Waals surface area contributed by atoms with Crippen LogP contribution in [-0.2, 0) is 11.3 Å². The fraction of sp³-hybridized carbons (Fsp3) is 0.500. The Morgan fingerprint density at radius 3 is 2.50 bits per heavy atom. The highest BCUT2D eigenvalue weighted by atomic mass is 16.5. The highest BCUT2D eigenvalue weighted by Gasteiger charge is 2.17. The smallest absolute Gasteiger partial charge is 0.0971 e. The largest absolute Gasteiger partial charge is 0.383 e. The van der Waals surface area contributed by atoms with Crippen molar-refractivity contribution < 1.29 is 4.74 Å². The third kappa shape index (κ3) is 3.91. The second kappa shape index (κ2) is 7.49. The Kier molecular flexibility index (Phi) is 5.15. The van der Waals surface area contributed by atoms with E-state index in [4.69, 9.17) is 4.74 Å². The van der Waals surface area contributed by atoms with Crippen molar-refractivity contribution in [3.8, 4) is 5.69 Å². The van der Waals surface area contributed by atoms with Crippen molar-refractivity contribution in [2.24, 2.45) is 0 Å². The molecular formula is C16H23N5O. The van der Waals surface area contributed by atoms with E-state index in [1.165, 1.54) is 0 Å². The highest BCUT2D eigenvalue weighted by Crippen LogP contribution is 2.08. The molecule has 0 radical (unpaired) electrons. The molecule has 1 saturated heterocycles. The predicted molar refractivity (Wildman–Crippen MR) is 85.0 cm³/mol. The first-order chi connectivity index (χ1) is 10.8. The first-order valence-corrected chi connectivity index (χ1v) is 7.75. The first kappa shape index (κ1) is 15.1. The first-order valence-electron chi connectivity index (χ1n) is 7.75. The van der Waals surface area contributed by atoms with Gasteiger partial charge in [-0.3, -0.25) is 9.80 Å². The van der Waals surface area contributed by atoms with E-state index in [0.717, 1.165) is 57.3 Å². The second-order valence-corrected chi connectivity index (χ2v) is 5.57. The van der Waals surface area contributed by atoms with Crippen LogP contribution in [0.2, 0.25) is 0 Å². The van der Waals surface area contributed by atoms with Gasteiger partial charge in [-0.15, -0.1) is 0 Å². The lowest BCUT2D eigenvalue weighted by atomic mass is 10.3. The van der Waals surface area contributed by atoms with Gasteiger partial charge in [-0.2, -0.15) is 15.0 Å². The molecule has 0 bridgehead atoms. The average molecular weight is 301 g/mol. The van der Waals surface area contributed by atoms with Gasteiger partial charge in [0.1, 0.15) is 0 Å². The maximum absolute atomic E-state index is 5.14. The van der Waals surface area contributed by atoms with Crippen LogP contribution in [0.5, 0.6) is 0 Å². The van der Waals surface area contributed by atoms with Crippen molar-refractivity contribution in [1.82, 2.24) is 24.8 Å². The van der Waals surface area contributed by atoms with Crippen LogP contribution in [0.4, 0.5) is 0 Å². The van der Waals surface area contributed by atoms with Gasteiger partial charge in [0, 0.05) is 46.4 Å². The Morgan fingerprint density at radius 2 is 1.77 bits per heavy atom. The zero-order valence-electron chi connectivity index (χ0n) is 13.1. The average Bonchev–Trinajstić information content (AvgIpc) is 3.04. The predicted octanol–water partition coefficient (Wildman–Crippen LogP) is 1.03. The summed E-state index contributed by atoms with van der Waals surface area (Å²) in [6.07, 6.45) is 1.87. The van der Waals surface area contributed by atoms with Gasteiger partial charge in [0.15, 0.2) is 0 Å². The molecule has 1 fully saturated rings. The Balaban J connectivity index is 1.51. The van der Waals surface area contributed by atoms with Crippen molar-refractivity contribution >= 4 is 0 Å². The Bertz CT molecular complexity index is 563. The van der Waals surface area contributed by atoms with Gasteiger partial charge in [0.05, 0.1) is 24.2 Å². The molecule has 1 aliphatic rings. The van der Waals surface area contributed by atoms with E-state index >= 15 is 0 Å². The molecule has 118 valence electrons. The summed E-state index contributed by atoms with van der Waals surface area (Å²) in [7, 11) is 1.76. The lowest BCUT2D eigenvalue weighted by molar-refractivity contribution is 0.0932. The molecule has 1 aromatic carbocycles. The quantitative estimate of drug-likeness (QED) is 0.797. The van der Waals surface area contributed by atoms with Crippen molar-refractivity contribution in [3.05, 3.63) is 42.2 Å². The van der Waals surface area contributed by atoms with E-state index < -0.39 is 0 Å². The SMILES string of the molecule is COCCN1CCN(Cc2cnn(-c3ccccc3)n2)CC1. The number of ether oxygens (including phenoxy) is 1. The van der Waals surface area contributed by atoms with Crippen LogP contribution in [0, 0.1) is 0 Å². The Hall–Kier alpha value is -1.76. The number of aromatic nitrogens is 3. The number of hydrogen-bond donors (Lipinski definition) is 0. The van der Waals surface area contributed by atoms with Crippen LogP contribution >= 0.6 is 0 Å². The van der Waals surface area contributed by atoms with E-state index in [1.54, 1.807) is 11.9 Å². The zero-order chi connectivity index (χ0) is 15.2. The summed E-state index contributed by atoms with van der Waals surface area (Å²) in [5.74, 6) is 0. The molecule has 0 aliphatic carbocycles. The van der Waals surface area contributed by atoms with Crippen molar-refractivity contribution in [3.63, 3.8) is 0 Å². The summed E-state index contributed by atoms with van der Waals surface area (Å²) >= 11 is 0. The molecule has 1 aromatic heterocycles. The fourth-order valence-corrected chi connectivity index (χ4v) is 2.67. The van der Waals surface area contributed by atoms with Crippen LogP contribution in [-0.4, -0.2) is 71.2 Å². The van der Waals surface area contributed by atoms with E-state index in [0.29, 0.717) is 0 Å². The van der Waals surface area contributed by atoms with Crippen LogP contribution in [0.25, 0.3) is 5.69 Å². The van der Waals surface area contributed by atoms with Gasteiger partial charge in [-0.05, 0) is 12.1 Å². The molecule has 2 aromatic rings. The molecule has 0 N–H and O–H groups in total. The van der Waals surface area contributed by atoms with Crippen molar-refractivity contribution in [2.45, 2.75) is 6.54 Å². The number of benzene rings is 1. The molecule has 0 saturated carbocycles. The van der Waals surface area contributed by atoms with Gasteiger partial charge >= 0.3 is 0 Å². The number of rotatable bonds is 6. The van der Waals surface area contributed by atoms with Gasteiger partial charge in [0.25, 0.3) is 0 Å². The highest BCUT2D eigenvalue weighted by molar-refractivity contribution is 5.28. The van der Waals surface area contributed by atoms with E-state index in [9.17, 15) is 0 Å². The Morgan fingerprint density at radius 1 is 1.05 bits per heavy atom. The topological polar surface area (TPSA) is 46.4 Å². The van der Waals surface area contributed by atoms with Gasteiger partial charge in [-0.1, -0.05) is 18.2 Å². The van der Waals surface area contributed by atoms with Gasteiger partial charge < -0.3 is 4.74 Å². The maximum Gasteiger partial charge on any atom is 0.0971 e. The molecule has 0 atom stereocenters. The third-order valence-electron chi connectivity index (χ3n) is 3.99. The minimum atomic E-state index is 0.811. The third-order valence-corrected chi connectivity index (χ3v) is 3.99. The fourth-order valence-electron chi connectivity index (χ4n) is 2.67. The normalized spacial score (nSPS) is 17.0. The molecule has 6 heteroatoms. The maximum atomic E-state index is 5.14. The van der Waals surface area contributed by atoms with Crippen LogP contribution in [0.1, 0.15) is 5.69 Å². The summed E-state index contributed by atoms with van der Waals surface area (Å²) in [5.41, 5.74) is 2.02. The Labute approximate surface area is 131 Å². The number of hydrogen-bond acceptors (Lipinski definition) is 5. The van der Waals surface area contributed by atoms with Crippen LogP contribution in [0.3, 0.4) is 0 Å². The number of para-hydroxylation sites is 1. The van der Waals surface area contributed by atoms with Crippen LogP contribution in [0.15, 0.2) is 36.5 Å². The molecule has 0 unspecified atom stereocenters. The summed E-state index contributed by atoms with van der Waals surface area (Å²) in [4.78, 5) is 6.58. The molecule has 2 heterocycles. The molecule has 0 spiro atoms. The van der Waals surface area contributed by atoms with Gasteiger partial charge in [0.2, 0.25) is 0 Å². The molecule has 22 heavy (non-hydrogen) atoms.